The zero-order chi connectivity index (χ0) is 16.1. The lowest BCUT2D eigenvalue weighted by Crippen LogP contribution is -2.26. The molecule has 0 bridgehead atoms. The van der Waals surface area contributed by atoms with Gasteiger partial charge < -0.3 is 10.1 Å². The fourth-order valence-electron chi connectivity index (χ4n) is 2.09. The highest BCUT2D eigenvalue weighted by molar-refractivity contribution is 9.10. The van der Waals surface area contributed by atoms with Crippen molar-refractivity contribution in [3.63, 3.8) is 0 Å². The largest absolute Gasteiger partial charge is 0.494 e. The minimum atomic E-state index is -0.453. The number of carbonyl (C=O) groups excluding carboxylic acids is 1. The van der Waals surface area contributed by atoms with Gasteiger partial charge >= 0.3 is 0 Å². The van der Waals surface area contributed by atoms with Crippen molar-refractivity contribution in [1.29, 1.82) is 0 Å². The lowest BCUT2D eigenvalue weighted by molar-refractivity contribution is 0.0939. The van der Waals surface area contributed by atoms with Crippen LogP contribution in [0, 0.1) is 5.82 Å². The lowest BCUT2D eigenvalue weighted by atomic mass is 10.1. The zero-order valence-electron chi connectivity index (χ0n) is 12.4. The maximum atomic E-state index is 13.4. The second-order valence-electron chi connectivity index (χ2n) is 4.86. The van der Waals surface area contributed by atoms with Crippen LogP contribution in [0.15, 0.2) is 46.9 Å². The number of amides is 1. The van der Waals surface area contributed by atoms with Gasteiger partial charge in [-0.05, 0) is 49.7 Å². The molecule has 0 aliphatic rings. The molecule has 1 N–H and O–H groups in total. The van der Waals surface area contributed by atoms with Gasteiger partial charge in [-0.25, -0.2) is 4.39 Å². The fraction of sp³-hybridized carbons (Fsp3) is 0.235. The molecule has 0 radical (unpaired) electrons. The van der Waals surface area contributed by atoms with Crippen LogP contribution in [-0.4, -0.2) is 12.5 Å². The molecule has 0 aliphatic carbocycles. The highest BCUT2D eigenvalue weighted by Crippen LogP contribution is 2.20. The molecule has 22 heavy (non-hydrogen) atoms. The topological polar surface area (TPSA) is 38.3 Å². The van der Waals surface area contributed by atoms with E-state index in [1.165, 1.54) is 12.1 Å². The molecule has 0 heterocycles. The van der Waals surface area contributed by atoms with Crippen LogP contribution < -0.4 is 10.1 Å². The number of halogens is 2. The fourth-order valence-corrected chi connectivity index (χ4v) is 2.55. The predicted octanol–water partition coefficient (Wildman–Crippen LogP) is 4.48. The van der Waals surface area contributed by atoms with Gasteiger partial charge in [-0.1, -0.05) is 28.1 Å². The number of carbonyl (C=O) groups is 1. The van der Waals surface area contributed by atoms with Gasteiger partial charge in [-0.2, -0.15) is 0 Å². The van der Waals surface area contributed by atoms with E-state index < -0.39 is 5.82 Å². The molecule has 2 aromatic carbocycles. The summed E-state index contributed by atoms with van der Waals surface area (Å²) in [5.74, 6) is -0.0189. The van der Waals surface area contributed by atoms with Crippen LogP contribution >= 0.6 is 15.9 Å². The third-order valence-electron chi connectivity index (χ3n) is 3.14. The highest BCUT2D eigenvalue weighted by atomic mass is 79.9. The van der Waals surface area contributed by atoms with E-state index >= 15 is 0 Å². The Labute approximate surface area is 137 Å². The van der Waals surface area contributed by atoms with Gasteiger partial charge in [-0.3, -0.25) is 4.79 Å². The summed E-state index contributed by atoms with van der Waals surface area (Å²) < 4.78 is 19.3. The van der Waals surface area contributed by atoms with Crippen LogP contribution in [0.5, 0.6) is 5.75 Å². The molecule has 1 amide bonds. The van der Waals surface area contributed by atoms with Crippen molar-refractivity contribution < 1.29 is 13.9 Å². The van der Waals surface area contributed by atoms with Crippen molar-refractivity contribution in [3.8, 4) is 5.75 Å². The van der Waals surface area contributed by atoms with Crippen molar-refractivity contribution in [1.82, 2.24) is 5.32 Å². The Kier molecular flexibility index (Phi) is 5.55. The first-order chi connectivity index (χ1) is 10.5. The lowest BCUT2D eigenvalue weighted by Gasteiger charge is -2.15. The molecule has 1 unspecified atom stereocenters. The summed E-state index contributed by atoms with van der Waals surface area (Å²) in [6.45, 7) is 4.37. The van der Waals surface area contributed by atoms with Crippen LogP contribution in [0.2, 0.25) is 0 Å². The maximum Gasteiger partial charge on any atom is 0.251 e. The quantitative estimate of drug-likeness (QED) is 0.848. The van der Waals surface area contributed by atoms with Crippen molar-refractivity contribution in [2.75, 3.05) is 6.61 Å². The van der Waals surface area contributed by atoms with E-state index in [0.29, 0.717) is 11.1 Å². The predicted molar refractivity (Wildman–Crippen MR) is 87.6 cm³/mol. The number of hydrogen-bond donors (Lipinski definition) is 1. The molecule has 1 atom stereocenters. The van der Waals surface area contributed by atoms with Gasteiger partial charge in [0.05, 0.1) is 12.6 Å². The van der Waals surface area contributed by atoms with Crippen molar-refractivity contribution in [3.05, 3.63) is 63.9 Å². The Bertz CT molecular complexity index is 655. The Hall–Kier alpha value is -1.88. The van der Waals surface area contributed by atoms with Crippen LogP contribution in [-0.2, 0) is 0 Å². The Morgan fingerprint density at radius 2 is 2.09 bits per heavy atom. The summed E-state index contributed by atoms with van der Waals surface area (Å²) >= 11 is 3.18. The van der Waals surface area contributed by atoms with Gasteiger partial charge in [0.25, 0.3) is 5.91 Å². The average Bonchev–Trinajstić information content (AvgIpc) is 2.46. The van der Waals surface area contributed by atoms with E-state index in [4.69, 9.17) is 4.74 Å². The molecule has 5 heteroatoms. The third kappa shape index (κ3) is 4.31. The minimum absolute atomic E-state index is 0.213. The van der Waals surface area contributed by atoms with Crippen LogP contribution in [0.25, 0.3) is 0 Å². The van der Waals surface area contributed by atoms with E-state index in [0.717, 1.165) is 11.3 Å². The standard InChI is InChI=1S/C17H17BrFNO2/c1-3-22-16-6-4-5-12(9-16)11(2)20-17(21)13-7-14(18)10-15(19)8-13/h4-11H,3H2,1-2H3,(H,20,21). The van der Waals surface area contributed by atoms with Crippen LogP contribution in [0.1, 0.15) is 35.8 Å². The van der Waals surface area contributed by atoms with Gasteiger partial charge in [0.15, 0.2) is 0 Å². The first-order valence-corrected chi connectivity index (χ1v) is 7.78. The molecule has 0 spiro atoms. The number of rotatable bonds is 5. The van der Waals surface area contributed by atoms with E-state index in [-0.39, 0.29) is 17.5 Å². The SMILES string of the molecule is CCOc1cccc(C(C)NC(=O)c2cc(F)cc(Br)c2)c1. The Morgan fingerprint density at radius 1 is 1.32 bits per heavy atom. The van der Waals surface area contributed by atoms with E-state index in [1.54, 1.807) is 6.07 Å². The van der Waals surface area contributed by atoms with Crippen LogP contribution in [0.4, 0.5) is 4.39 Å². The first kappa shape index (κ1) is 16.5. The van der Waals surface area contributed by atoms with Gasteiger partial charge in [-0.15, -0.1) is 0 Å². The maximum absolute atomic E-state index is 13.4. The third-order valence-corrected chi connectivity index (χ3v) is 3.60. The van der Waals surface area contributed by atoms with E-state index in [9.17, 15) is 9.18 Å². The second-order valence-corrected chi connectivity index (χ2v) is 5.77. The molecule has 2 aromatic rings. The summed E-state index contributed by atoms with van der Waals surface area (Å²) in [4.78, 5) is 12.2. The van der Waals surface area contributed by atoms with E-state index in [1.807, 2.05) is 38.1 Å². The Balaban J connectivity index is 2.12. The van der Waals surface area contributed by atoms with Crippen LogP contribution in [0.3, 0.4) is 0 Å². The summed E-state index contributed by atoms with van der Waals surface area (Å²) in [5.41, 5.74) is 1.20. The van der Waals surface area contributed by atoms with Gasteiger partial charge in [0.2, 0.25) is 0 Å². The number of nitrogens with one attached hydrogen (secondary N) is 1. The molecular formula is C17H17BrFNO2. The van der Waals surface area contributed by atoms with Gasteiger partial charge in [0, 0.05) is 10.0 Å². The second kappa shape index (κ2) is 7.40. The molecule has 116 valence electrons. The number of ether oxygens (including phenoxy) is 1. The van der Waals surface area contributed by atoms with Gasteiger partial charge in [0.1, 0.15) is 11.6 Å². The molecule has 0 saturated heterocycles. The first-order valence-electron chi connectivity index (χ1n) is 6.99. The molecular weight excluding hydrogens is 349 g/mol. The number of benzene rings is 2. The van der Waals surface area contributed by atoms with Crippen molar-refractivity contribution in [2.24, 2.45) is 0 Å². The molecule has 2 rings (SSSR count). The normalized spacial score (nSPS) is 11.8. The van der Waals surface area contributed by atoms with E-state index in [2.05, 4.69) is 21.2 Å². The Morgan fingerprint density at radius 3 is 2.77 bits per heavy atom. The molecule has 0 fully saturated rings. The van der Waals surface area contributed by atoms with Crippen molar-refractivity contribution in [2.45, 2.75) is 19.9 Å². The molecule has 0 aliphatic heterocycles. The average molecular weight is 366 g/mol. The smallest absolute Gasteiger partial charge is 0.251 e. The highest BCUT2D eigenvalue weighted by Gasteiger charge is 2.13. The molecule has 3 nitrogen and oxygen atoms in total. The molecule has 0 aromatic heterocycles. The summed E-state index contributed by atoms with van der Waals surface area (Å²) in [6.07, 6.45) is 0. The summed E-state index contributed by atoms with van der Waals surface area (Å²) in [7, 11) is 0. The number of hydrogen-bond acceptors (Lipinski definition) is 2. The summed E-state index contributed by atoms with van der Waals surface area (Å²) in [5, 5.41) is 2.85. The molecule has 0 saturated carbocycles. The monoisotopic (exact) mass is 365 g/mol. The summed E-state index contributed by atoms with van der Waals surface area (Å²) in [6, 6.07) is 11.4. The van der Waals surface area contributed by atoms with Crippen molar-refractivity contribution >= 4 is 21.8 Å². The zero-order valence-corrected chi connectivity index (χ0v) is 14.0. The minimum Gasteiger partial charge on any atom is -0.494 e.